The Kier molecular flexibility index (Phi) is 6.87. The van der Waals surface area contributed by atoms with Gasteiger partial charge in [0.25, 0.3) is 11.1 Å². The van der Waals surface area contributed by atoms with Gasteiger partial charge in [-0.1, -0.05) is 59.8 Å². The number of hydrogen-bond donors (Lipinski definition) is 1. The average Bonchev–Trinajstić information content (AvgIpc) is 3.15. The van der Waals surface area contributed by atoms with Gasteiger partial charge >= 0.3 is 0 Å². The summed E-state index contributed by atoms with van der Waals surface area (Å²) in [7, 11) is 0. The third-order valence-corrected chi connectivity index (χ3v) is 4.56. The molecule has 3 rings (SSSR count). The van der Waals surface area contributed by atoms with E-state index in [2.05, 4.69) is 15.5 Å². The summed E-state index contributed by atoms with van der Waals surface area (Å²) in [5, 5.41) is 11.1. The molecule has 2 aromatic carbocycles. The summed E-state index contributed by atoms with van der Waals surface area (Å²) < 4.78 is 11.1. The summed E-state index contributed by atoms with van der Waals surface area (Å²) in [5.41, 5.74) is 2.36. The molecule has 0 atom stereocenters. The van der Waals surface area contributed by atoms with Gasteiger partial charge in [0, 0.05) is 6.54 Å². The molecule has 0 saturated heterocycles. The van der Waals surface area contributed by atoms with E-state index in [1.165, 1.54) is 22.9 Å². The van der Waals surface area contributed by atoms with Crippen molar-refractivity contribution in [3.8, 4) is 5.75 Å². The van der Waals surface area contributed by atoms with Gasteiger partial charge < -0.3 is 14.5 Å². The molecular formula is C20H21N3O3S. The van der Waals surface area contributed by atoms with E-state index in [4.69, 9.17) is 9.15 Å². The number of rotatable bonds is 9. The van der Waals surface area contributed by atoms with E-state index >= 15 is 0 Å². The number of amides is 1. The van der Waals surface area contributed by atoms with E-state index in [9.17, 15) is 4.79 Å². The van der Waals surface area contributed by atoms with Crippen molar-refractivity contribution in [2.24, 2.45) is 0 Å². The number of nitrogens with one attached hydrogen (secondary N) is 1. The molecule has 0 fully saturated rings. The lowest BCUT2D eigenvalue weighted by Crippen LogP contribution is -2.27. The summed E-state index contributed by atoms with van der Waals surface area (Å²) in [4.78, 5) is 11.9. The van der Waals surface area contributed by atoms with Crippen LogP contribution in [0.15, 0.2) is 64.2 Å². The fourth-order valence-corrected chi connectivity index (χ4v) is 2.91. The Labute approximate surface area is 162 Å². The molecule has 0 spiro atoms. The van der Waals surface area contributed by atoms with E-state index in [-0.39, 0.29) is 18.3 Å². The zero-order chi connectivity index (χ0) is 18.9. The highest BCUT2D eigenvalue weighted by atomic mass is 32.2. The molecule has 140 valence electrons. The number of carbonyl (C=O) groups is 1. The highest BCUT2D eigenvalue weighted by Crippen LogP contribution is 2.17. The minimum absolute atomic E-state index is 0.0633. The van der Waals surface area contributed by atoms with Crippen LogP contribution < -0.4 is 10.1 Å². The van der Waals surface area contributed by atoms with E-state index in [0.29, 0.717) is 17.7 Å². The smallest absolute Gasteiger partial charge is 0.277 e. The summed E-state index contributed by atoms with van der Waals surface area (Å²) in [6.45, 7) is 2.81. The molecular weight excluding hydrogens is 362 g/mol. The number of ether oxygens (including phenoxy) is 1. The molecule has 6 nitrogen and oxygen atoms in total. The Balaban J connectivity index is 1.36. The number of nitrogens with zero attached hydrogens (tertiary/aromatic N) is 2. The van der Waals surface area contributed by atoms with Crippen LogP contribution in [0.3, 0.4) is 0 Å². The number of hydrogen-bond acceptors (Lipinski definition) is 6. The lowest BCUT2D eigenvalue weighted by atomic mass is 10.1. The van der Waals surface area contributed by atoms with Crippen molar-refractivity contribution < 1.29 is 13.9 Å². The second kappa shape index (κ2) is 9.78. The van der Waals surface area contributed by atoms with Crippen molar-refractivity contribution in [3.63, 3.8) is 0 Å². The highest BCUT2D eigenvalue weighted by Gasteiger charge is 2.10. The van der Waals surface area contributed by atoms with Gasteiger partial charge in [0.15, 0.2) is 6.61 Å². The largest absolute Gasteiger partial charge is 0.484 e. The van der Waals surface area contributed by atoms with Gasteiger partial charge in [0.1, 0.15) is 5.75 Å². The second-order valence-electron chi connectivity index (χ2n) is 5.94. The number of aryl methyl sites for hydroxylation is 1. The third-order valence-electron chi connectivity index (χ3n) is 3.74. The number of aromatic nitrogens is 2. The van der Waals surface area contributed by atoms with Crippen LogP contribution in [0.4, 0.5) is 0 Å². The van der Waals surface area contributed by atoms with Crippen molar-refractivity contribution >= 4 is 17.7 Å². The lowest BCUT2D eigenvalue weighted by Gasteiger charge is -2.04. The first kappa shape index (κ1) is 19.0. The molecule has 0 radical (unpaired) electrons. The molecule has 0 aliphatic carbocycles. The maximum absolute atomic E-state index is 11.9. The predicted molar refractivity (Wildman–Crippen MR) is 104 cm³/mol. The normalized spacial score (nSPS) is 10.6. The zero-order valence-corrected chi connectivity index (χ0v) is 15.9. The maximum atomic E-state index is 11.9. The number of carbonyl (C=O) groups excluding carboxylic acids is 1. The topological polar surface area (TPSA) is 77.2 Å². The molecule has 0 saturated carbocycles. The van der Waals surface area contributed by atoms with E-state index in [0.717, 1.165) is 12.2 Å². The molecule has 1 heterocycles. The van der Waals surface area contributed by atoms with Crippen LogP contribution in [0.5, 0.6) is 5.75 Å². The third kappa shape index (κ3) is 6.45. The summed E-state index contributed by atoms with van der Waals surface area (Å²) in [6, 6.07) is 17.8. The summed E-state index contributed by atoms with van der Waals surface area (Å²) in [6.07, 6.45) is 0.804. The van der Waals surface area contributed by atoms with Crippen LogP contribution >= 0.6 is 11.8 Å². The Morgan fingerprint density at radius 2 is 1.89 bits per heavy atom. The zero-order valence-electron chi connectivity index (χ0n) is 15.1. The Morgan fingerprint density at radius 1 is 1.11 bits per heavy atom. The van der Waals surface area contributed by atoms with Crippen molar-refractivity contribution in [1.82, 2.24) is 15.5 Å². The fourth-order valence-electron chi connectivity index (χ4n) is 2.30. The van der Waals surface area contributed by atoms with Gasteiger partial charge in [0.2, 0.25) is 5.91 Å². The van der Waals surface area contributed by atoms with Gasteiger partial charge in [-0.2, -0.15) is 0 Å². The van der Waals surface area contributed by atoms with E-state index < -0.39 is 0 Å². The van der Waals surface area contributed by atoms with Gasteiger partial charge in [-0.15, -0.1) is 10.2 Å². The second-order valence-corrected chi connectivity index (χ2v) is 6.86. The molecule has 0 aliphatic heterocycles. The van der Waals surface area contributed by atoms with Crippen LogP contribution in [0.25, 0.3) is 0 Å². The first-order chi connectivity index (χ1) is 13.2. The van der Waals surface area contributed by atoms with Gasteiger partial charge in [-0.05, 0) is 31.0 Å². The molecule has 7 heteroatoms. The molecule has 0 unspecified atom stereocenters. The molecule has 3 aromatic rings. The van der Waals surface area contributed by atoms with Crippen LogP contribution in [-0.2, 0) is 17.8 Å². The average molecular weight is 383 g/mol. The van der Waals surface area contributed by atoms with Gasteiger partial charge in [-0.25, -0.2) is 0 Å². The summed E-state index contributed by atoms with van der Waals surface area (Å²) in [5.74, 6) is 1.29. The highest BCUT2D eigenvalue weighted by molar-refractivity contribution is 7.99. The minimum Gasteiger partial charge on any atom is -0.484 e. The van der Waals surface area contributed by atoms with Crippen molar-refractivity contribution in [2.75, 3.05) is 12.3 Å². The van der Waals surface area contributed by atoms with Gasteiger partial charge in [0.05, 0.1) is 5.75 Å². The Hall–Kier alpha value is -2.80. The maximum Gasteiger partial charge on any atom is 0.277 e. The molecule has 0 aliphatic rings. The van der Waals surface area contributed by atoms with Crippen LogP contribution in [0.1, 0.15) is 17.0 Å². The van der Waals surface area contributed by atoms with Gasteiger partial charge in [-0.3, -0.25) is 4.79 Å². The predicted octanol–water partition coefficient (Wildman–Crippen LogP) is 3.41. The van der Waals surface area contributed by atoms with Crippen LogP contribution in [0, 0.1) is 6.92 Å². The summed E-state index contributed by atoms with van der Waals surface area (Å²) >= 11 is 1.21. The van der Waals surface area contributed by atoms with Crippen LogP contribution in [0.2, 0.25) is 0 Å². The lowest BCUT2D eigenvalue weighted by molar-refractivity contribution is -0.118. The molecule has 1 aromatic heterocycles. The van der Waals surface area contributed by atoms with E-state index in [1.54, 1.807) is 0 Å². The monoisotopic (exact) mass is 383 g/mol. The fraction of sp³-hybridized carbons (Fsp3) is 0.250. The standard InChI is InChI=1S/C20H21N3O3S/c1-15-7-9-17(10-8-15)25-13-19-22-23-20(26-19)27-14-18(24)21-12-11-16-5-3-2-4-6-16/h2-10H,11-14H2,1H3,(H,21,24). The van der Waals surface area contributed by atoms with Crippen molar-refractivity contribution in [2.45, 2.75) is 25.2 Å². The first-order valence-corrected chi connectivity index (χ1v) is 9.63. The first-order valence-electron chi connectivity index (χ1n) is 8.64. The van der Waals surface area contributed by atoms with Crippen molar-refractivity contribution in [1.29, 1.82) is 0 Å². The van der Waals surface area contributed by atoms with Crippen LogP contribution in [-0.4, -0.2) is 28.4 Å². The van der Waals surface area contributed by atoms with E-state index in [1.807, 2.05) is 61.5 Å². The molecule has 27 heavy (non-hydrogen) atoms. The number of thioether (sulfide) groups is 1. The number of benzene rings is 2. The molecule has 1 N–H and O–H groups in total. The minimum atomic E-state index is -0.0633. The molecule has 1 amide bonds. The Morgan fingerprint density at radius 3 is 2.67 bits per heavy atom. The molecule has 0 bridgehead atoms. The quantitative estimate of drug-likeness (QED) is 0.571. The van der Waals surface area contributed by atoms with Crippen molar-refractivity contribution in [3.05, 3.63) is 71.6 Å². The Bertz CT molecular complexity index is 850. The SMILES string of the molecule is Cc1ccc(OCc2nnc(SCC(=O)NCCc3ccccc3)o2)cc1.